The first kappa shape index (κ1) is 41.3. The number of hydrogen-bond donors (Lipinski definition) is 0. The molecule has 4 heteroatoms. The molecule has 77 heavy (non-hydrogen) atoms. The van der Waals surface area contributed by atoms with Crippen molar-refractivity contribution in [1.29, 1.82) is 0 Å². The van der Waals surface area contributed by atoms with Crippen molar-refractivity contribution < 1.29 is 0 Å². The van der Waals surface area contributed by atoms with Crippen molar-refractivity contribution in [2.75, 3.05) is 0 Å². The van der Waals surface area contributed by atoms with Gasteiger partial charge in [0.2, 0.25) is 0 Å². The molecular weight excluding hydrogens is 933 g/mol. The Morgan fingerprint density at radius 3 is 1.18 bits per heavy atom. The lowest BCUT2D eigenvalue weighted by molar-refractivity contribution is 0.465. The van der Waals surface area contributed by atoms with Gasteiger partial charge in [0.05, 0.1) is 49.7 Å². The molecule has 0 radical (unpaired) electrons. The van der Waals surface area contributed by atoms with E-state index in [1.165, 1.54) is 121 Å². The van der Waals surface area contributed by atoms with Crippen molar-refractivity contribution in [3.63, 3.8) is 0 Å². The molecule has 4 aliphatic carbocycles. The number of hydrogen-bond acceptors (Lipinski definition) is 0. The van der Waals surface area contributed by atoms with Crippen LogP contribution in [0.3, 0.4) is 0 Å². The molecule has 0 saturated carbocycles. The van der Waals surface area contributed by atoms with Gasteiger partial charge in [-0.15, -0.1) is 0 Å². The Morgan fingerprint density at radius 2 is 0.727 bits per heavy atom. The van der Waals surface area contributed by atoms with Gasteiger partial charge >= 0.3 is 0 Å². The van der Waals surface area contributed by atoms with Crippen molar-refractivity contribution >= 4 is 94.2 Å². The molecule has 0 aliphatic heterocycles. The van der Waals surface area contributed by atoms with Crippen LogP contribution in [0.25, 0.3) is 122 Å². The molecule has 4 nitrogen and oxygen atoms in total. The molecule has 2 atom stereocenters. The van der Waals surface area contributed by atoms with E-state index in [2.05, 4.69) is 285 Å². The highest BCUT2D eigenvalue weighted by Crippen LogP contribution is 2.67. The van der Waals surface area contributed by atoms with Gasteiger partial charge in [-0.1, -0.05) is 169 Å². The summed E-state index contributed by atoms with van der Waals surface area (Å²) < 4.78 is 9.98. The van der Waals surface area contributed by atoms with Gasteiger partial charge in [0, 0.05) is 83.9 Å². The summed E-state index contributed by atoms with van der Waals surface area (Å²) in [6.45, 7) is 0. The lowest BCUT2D eigenvalue weighted by Gasteiger charge is -2.37. The lowest BCUT2D eigenvalue weighted by Crippen LogP contribution is -2.34. The first-order valence-corrected chi connectivity index (χ1v) is 26.8. The van der Waals surface area contributed by atoms with E-state index in [4.69, 9.17) is 0 Å². The Labute approximate surface area is 443 Å². The summed E-state index contributed by atoms with van der Waals surface area (Å²) >= 11 is 0. The highest BCUT2D eigenvalue weighted by molar-refractivity contribution is 6.12. The van der Waals surface area contributed by atoms with Gasteiger partial charge in [-0.25, -0.2) is 0 Å². The van der Waals surface area contributed by atoms with Crippen LogP contribution in [0, 0.1) is 5.92 Å². The number of rotatable bonds is 4. The van der Waals surface area contributed by atoms with Crippen molar-refractivity contribution in [3.05, 3.63) is 288 Å². The minimum atomic E-state index is -0.655. The quantitative estimate of drug-likeness (QED) is 0.157. The fourth-order valence-electron chi connectivity index (χ4n) is 14.9. The molecule has 356 valence electrons. The van der Waals surface area contributed by atoms with Crippen LogP contribution in [0.5, 0.6) is 0 Å². The molecule has 10 aromatic carbocycles. The zero-order valence-electron chi connectivity index (χ0n) is 41.7. The molecule has 2 unspecified atom stereocenters. The van der Waals surface area contributed by atoms with Gasteiger partial charge in [-0.3, -0.25) is 0 Å². The molecule has 4 aliphatic rings. The predicted octanol–water partition coefficient (Wildman–Crippen LogP) is 17.9. The fraction of sp³-hybridized carbons (Fsp3) is 0.0411. The number of nitrogens with zero attached hydrogens (tertiary/aromatic N) is 4. The van der Waals surface area contributed by atoms with Crippen LogP contribution < -0.4 is 0 Å². The Hall–Kier alpha value is -10.1. The Morgan fingerprint density at radius 1 is 0.351 bits per heavy atom. The van der Waals surface area contributed by atoms with Crippen molar-refractivity contribution in [2.45, 2.75) is 11.3 Å². The summed E-state index contributed by atoms with van der Waals surface area (Å²) in [7, 11) is 0. The molecular formula is C73H44N4. The second kappa shape index (κ2) is 15.0. The van der Waals surface area contributed by atoms with E-state index in [9.17, 15) is 0 Å². The maximum absolute atomic E-state index is 3.34. The largest absolute Gasteiger partial charge is 0.309 e. The summed E-state index contributed by atoms with van der Waals surface area (Å²) in [4.78, 5) is 0. The molecule has 4 heterocycles. The zero-order valence-corrected chi connectivity index (χ0v) is 41.7. The molecule has 0 bridgehead atoms. The van der Waals surface area contributed by atoms with E-state index in [1.807, 2.05) is 0 Å². The van der Waals surface area contributed by atoms with Gasteiger partial charge in [0.15, 0.2) is 0 Å². The van der Waals surface area contributed by atoms with E-state index < -0.39 is 5.41 Å². The fourth-order valence-corrected chi connectivity index (χ4v) is 14.9. The smallest absolute Gasteiger partial charge is 0.0630 e. The van der Waals surface area contributed by atoms with Crippen LogP contribution in [-0.4, -0.2) is 18.3 Å². The van der Waals surface area contributed by atoms with Gasteiger partial charge in [-0.2, -0.15) is 0 Å². The molecule has 0 N–H and O–H groups in total. The first-order chi connectivity index (χ1) is 38.2. The van der Waals surface area contributed by atoms with Crippen molar-refractivity contribution in [2.24, 2.45) is 5.92 Å². The Kier molecular flexibility index (Phi) is 8.06. The van der Waals surface area contributed by atoms with Crippen LogP contribution >= 0.6 is 0 Å². The highest BCUT2D eigenvalue weighted by atomic mass is 15.0. The second-order valence-electron chi connectivity index (χ2n) is 21.4. The molecule has 0 amide bonds. The summed E-state index contributed by atoms with van der Waals surface area (Å²) in [6.07, 6.45) is 11.8. The molecule has 0 saturated heterocycles. The monoisotopic (exact) mass is 976 g/mol. The van der Waals surface area contributed by atoms with E-state index in [0.717, 1.165) is 22.8 Å². The number of aromatic nitrogens is 4. The van der Waals surface area contributed by atoms with Gasteiger partial charge in [-0.05, 0) is 124 Å². The molecule has 4 aromatic heterocycles. The van der Waals surface area contributed by atoms with Crippen LogP contribution in [0.1, 0.15) is 39.4 Å². The Balaban J connectivity index is 0.982. The minimum absolute atomic E-state index is 0.0248. The standard InChI is InChI=1S/C73H44N4/c1-9-25-65-53(17-1)54-18-2-10-26-66(54)74(65)45-33-37-49-50-38-34-46(75-67-27-11-3-19-55(67)56-20-4-12-28-68(56)75)42-62(50)73(61(49)41-45)63-43-47(76-69-29-13-5-21-57(69)58-22-6-14-30-70(58)76)35-39-51(63)52-40-36-48(44-64(52)73)77-71-31-15-7-23-59(71)60-24-8-16-32-72(60)77/h1-7,9-15,17-44,52,64H. The van der Waals surface area contributed by atoms with E-state index >= 15 is 0 Å². The van der Waals surface area contributed by atoms with Crippen LogP contribution in [0.2, 0.25) is 0 Å². The third kappa shape index (κ3) is 5.28. The van der Waals surface area contributed by atoms with Gasteiger partial charge in [0.25, 0.3) is 0 Å². The average molecular weight is 977 g/mol. The van der Waals surface area contributed by atoms with E-state index in [1.54, 1.807) is 0 Å². The third-order valence-electron chi connectivity index (χ3n) is 17.9. The number of benzene rings is 10. The number of allylic oxidation sites excluding steroid dienone is 4. The van der Waals surface area contributed by atoms with Crippen LogP contribution in [0.15, 0.2) is 254 Å². The predicted molar refractivity (Wildman–Crippen MR) is 319 cm³/mol. The minimum Gasteiger partial charge on any atom is -0.309 e. The Bertz CT molecular complexity index is 4830. The summed E-state index contributed by atoms with van der Waals surface area (Å²) in [5, 5.41) is 8.75. The highest BCUT2D eigenvalue weighted by Gasteiger charge is 2.58. The maximum Gasteiger partial charge on any atom is 0.0630 e. The van der Waals surface area contributed by atoms with E-state index in [0.29, 0.717) is 0 Å². The molecule has 18 rings (SSSR count). The van der Waals surface area contributed by atoms with Crippen molar-refractivity contribution in [3.8, 4) is 28.2 Å². The van der Waals surface area contributed by atoms with Crippen LogP contribution in [-0.2, 0) is 5.41 Å². The molecule has 0 fully saturated rings. The average Bonchev–Trinajstić information content (AvgIpc) is 4.40. The molecule has 14 aromatic rings. The molecule has 1 spiro atoms. The normalized spacial score (nSPS) is 16.4. The maximum atomic E-state index is 3.34. The van der Waals surface area contributed by atoms with Gasteiger partial charge < -0.3 is 18.3 Å². The van der Waals surface area contributed by atoms with Gasteiger partial charge in [0.1, 0.15) is 0 Å². The summed E-state index contributed by atoms with van der Waals surface area (Å²) in [6, 6.07) is 84.5. The second-order valence-corrected chi connectivity index (χ2v) is 21.4. The van der Waals surface area contributed by atoms with Crippen LogP contribution in [0.4, 0.5) is 0 Å². The summed E-state index contributed by atoms with van der Waals surface area (Å²) in [5.74, 6) is 0.0460. The van der Waals surface area contributed by atoms with Crippen molar-refractivity contribution in [1.82, 2.24) is 18.3 Å². The third-order valence-corrected chi connectivity index (χ3v) is 17.9. The topological polar surface area (TPSA) is 19.7 Å². The SMILES string of the molecule is C1=C=Cc2c(c3ccccc3n2C2=CC3C(C=C2)c2ccc(-n4c5ccccc5c5ccccc54)cc2C32c3cc(-n4c5ccccc5c5ccccc54)ccc3-c3ccc(-n4c5ccccc5c5ccccc54)cc32)C=1. The van der Waals surface area contributed by atoms with E-state index in [-0.39, 0.29) is 11.8 Å². The number of para-hydroxylation sites is 7. The number of fused-ring (bicyclic) bond motifs is 22. The summed E-state index contributed by atoms with van der Waals surface area (Å²) in [5.41, 5.74) is 29.2. The first-order valence-electron chi connectivity index (χ1n) is 26.8. The lowest BCUT2D eigenvalue weighted by atomic mass is 9.65. The zero-order chi connectivity index (χ0) is 50.1.